The topological polar surface area (TPSA) is 29.9 Å². The fourth-order valence-electron chi connectivity index (χ4n) is 2.70. The van der Waals surface area contributed by atoms with Crippen LogP contribution in [0.15, 0.2) is 55.0 Å². The highest BCUT2D eigenvalue weighted by Gasteiger charge is 2.07. The van der Waals surface area contributed by atoms with Crippen molar-refractivity contribution >= 4 is 10.9 Å². The Bertz CT molecular complexity index is 701. The van der Waals surface area contributed by atoms with Crippen LogP contribution in [-0.4, -0.2) is 16.1 Å². The molecule has 3 heteroatoms. The zero-order valence-corrected chi connectivity index (χ0v) is 12.4. The Morgan fingerprint density at radius 3 is 2.86 bits per heavy atom. The van der Waals surface area contributed by atoms with Gasteiger partial charge in [0.15, 0.2) is 0 Å². The van der Waals surface area contributed by atoms with Gasteiger partial charge in [-0.15, -0.1) is 0 Å². The molecule has 0 fully saturated rings. The molecule has 0 atom stereocenters. The monoisotopic (exact) mass is 279 g/mol. The first-order valence-electron chi connectivity index (χ1n) is 7.55. The molecule has 0 aliphatic rings. The number of para-hydroxylation sites is 1. The predicted molar refractivity (Wildman–Crippen MR) is 87.3 cm³/mol. The lowest BCUT2D eigenvalue weighted by Crippen LogP contribution is -2.11. The van der Waals surface area contributed by atoms with Crippen molar-refractivity contribution in [1.82, 2.24) is 14.9 Å². The van der Waals surface area contributed by atoms with Crippen LogP contribution in [0.2, 0.25) is 0 Å². The van der Waals surface area contributed by atoms with E-state index in [9.17, 15) is 0 Å². The summed E-state index contributed by atoms with van der Waals surface area (Å²) in [7, 11) is 0. The van der Waals surface area contributed by atoms with E-state index in [-0.39, 0.29) is 0 Å². The Hall–Kier alpha value is -2.13. The number of nitrogens with zero attached hydrogens (tertiary/aromatic N) is 2. The second-order valence-electron chi connectivity index (χ2n) is 5.26. The van der Waals surface area contributed by atoms with Gasteiger partial charge in [0.05, 0.1) is 0 Å². The van der Waals surface area contributed by atoms with Crippen molar-refractivity contribution in [2.75, 3.05) is 6.54 Å². The summed E-state index contributed by atoms with van der Waals surface area (Å²) in [5, 5.41) is 4.77. The number of pyridine rings is 1. The molecular weight excluding hydrogens is 258 g/mol. The van der Waals surface area contributed by atoms with E-state index in [2.05, 4.69) is 58.3 Å². The van der Waals surface area contributed by atoms with Gasteiger partial charge in [-0.05, 0) is 36.2 Å². The lowest BCUT2D eigenvalue weighted by molar-refractivity contribution is 0.701. The van der Waals surface area contributed by atoms with Crippen LogP contribution in [0, 0.1) is 0 Å². The molecule has 1 N–H and O–H groups in total. The zero-order chi connectivity index (χ0) is 14.5. The van der Waals surface area contributed by atoms with E-state index in [4.69, 9.17) is 0 Å². The zero-order valence-electron chi connectivity index (χ0n) is 12.4. The summed E-state index contributed by atoms with van der Waals surface area (Å²) in [6.45, 7) is 5.05. The third kappa shape index (κ3) is 3.14. The number of hydrogen-bond donors (Lipinski definition) is 1. The van der Waals surface area contributed by atoms with E-state index in [1.807, 2.05) is 18.5 Å². The number of fused-ring (bicyclic) bond motifs is 1. The first-order valence-corrected chi connectivity index (χ1v) is 7.55. The summed E-state index contributed by atoms with van der Waals surface area (Å²) >= 11 is 0. The molecule has 2 heterocycles. The summed E-state index contributed by atoms with van der Waals surface area (Å²) in [5.41, 5.74) is 3.97. The highest BCUT2D eigenvalue weighted by Crippen LogP contribution is 2.21. The third-order valence-corrected chi connectivity index (χ3v) is 3.80. The van der Waals surface area contributed by atoms with Crippen molar-refractivity contribution < 1.29 is 0 Å². The maximum Gasteiger partial charge on any atom is 0.0483 e. The Labute approximate surface area is 125 Å². The molecule has 0 radical (unpaired) electrons. The van der Waals surface area contributed by atoms with Gasteiger partial charge in [-0.25, -0.2) is 0 Å². The van der Waals surface area contributed by atoms with Gasteiger partial charge < -0.3 is 9.88 Å². The van der Waals surface area contributed by atoms with Crippen LogP contribution in [0.4, 0.5) is 0 Å². The molecule has 2 aromatic heterocycles. The maximum absolute atomic E-state index is 4.19. The van der Waals surface area contributed by atoms with Crippen molar-refractivity contribution in [3.8, 4) is 0 Å². The van der Waals surface area contributed by atoms with Gasteiger partial charge in [-0.1, -0.05) is 31.2 Å². The van der Waals surface area contributed by atoms with Crippen molar-refractivity contribution in [2.24, 2.45) is 0 Å². The SMILES string of the molecule is CCNCc1cn(CCc2cccnc2)c2ccccc12. The Kier molecular flexibility index (Phi) is 4.31. The smallest absolute Gasteiger partial charge is 0.0483 e. The van der Waals surface area contributed by atoms with Crippen molar-refractivity contribution in [2.45, 2.75) is 26.4 Å². The highest BCUT2D eigenvalue weighted by atomic mass is 15.0. The van der Waals surface area contributed by atoms with Crippen molar-refractivity contribution in [3.63, 3.8) is 0 Å². The van der Waals surface area contributed by atoms with E-state index in [0.717, 1.165) is 26.1 Å². The summed E-state index contributed by atoms with van der Waals surface area (Å²) in [6.07, 6.45) is 7.06. The highest BCUT2D eigenvalue weighted by molar-refractivity contribution is 5.83. The Balaban J connectivity index is 1.84. The van der Waals surface area contributed by atoms with Gasteiger partial charge in [-0.3, -0.25) is 4.98 Å². The molecular formula is C18H21N3. The van der Waals surface area contributed by atoms with E-state index in [1.54, 1.807) is 0 Å². The fraction of sp³-hybridized carbons (Fsp3) is 0.278. The summed E-state index contributed by atoms with van der Waals surface area (Å²) in [5.74, 6) is 0. The molecule has 0 amide bonds. The van der Waals surface area contributed by atoms with E-state index < -0.39 is 0 Å². The molecule has 3 nitrogen and oxygen atoms in total. The Morgan fingerprint density at radius 2 is 2.05 bits per heavy atom. The molecule has 0 unspecified atom stereocenters. The summed E-state index contributed by atoms with van der Waals surface area (Å²) in [4.78, 5) is 4.19. The number of hydrogen-bond acceptors (Lipinski definition) is 2. The van der Waals surface area contributed by atoms with Crippen LogP contribution in [0.5, 0.6) is 0 Å². The van der Waals surface area contributed by atoms with Crippen LogP contribution >= 0.6 is 0 Å². The van der Waals surface area contributed by atoms with Crippen LogP contribution in [-0.2, 0) is 19.5 Å². The largest absolute Gasteiger partial charge is 0.347 e. The fourth-order valence-corrected chi connectivity index (χ4v) is 2.70. The molecule has 3 rings (SSSR count). The normalized spacial score (nSPS) is 11.1. The quantitative estimate of drug-likeness (QED) is 0.749. The van der Waals surface area contributed by atoms with Crippen molar-refractivity contribution in [1.29, 1.82) is 0 Å². The molecule has 0 aliphatic heterocycles. The average molecular weight is 279 g/mol. The lowest BCUT2D eigenvalue weighted by atomic mass is 10.2. The van der Waals surface area contributed by atoms with Crippen molar-refractivity contribution in [3.05, 3.63) is 66.1 Å². The molecule has 0 bridgehead atoms. The van der Waals surface area contributed by atoms with Gasteiger partial charge in [0.1, 0.15) is 0 Å². The molecule has 0 aliphatic carbocycles. The number of aryl methyl sites for hydroxylation is 2. The minimum absolute atomic E-state index is 0.927. The number of benzene rings is 1. The first-order chi connectivity index (χ1) is 10.4. The molecule has 0 saturated carbocycles. The number of nitrogens with one attached hydrogen (secondary N) is 1. The molecule has 108 valence electrons. The minimum atomic E-state index is 0.927. The first kappa shape index (κ1) is 13.8. The van der Waals surface area contributed by atoms with E-state index in [1.165, 1.54) is 22.0 Å². The molecule has 0 spiro atoms. The van der Waals surface area contributed by atoms with Crippen LogP contribution in [0.3, 0.4) is 0 Å². The third-order valence-electron chi connectivity index (χ3n) is 3.80. The molecule has 1 aromatic carbocycles. The molecule has 21 heavy (non-hydrogen) atoms. The average Bonchev–Trinajstić information content (AvgIpc) is 2.90. The summed E-state index contributed by atoms with van der Waals surface area (Å²) < 4.78 is 2.36. The van der Waals surface area contributed by atoms with Gasteiger partial charge in [0, 0.05) is 42.6 Å². The maximum atomic E-state index is 4.19. The minimum Gasteiger partial charge on any atom is -0.347 e. The Morgan fingerprint density at radius 1 is 1.14 bits per heavy atom. The molecule has 0 saturated heterocycles. The lowest BCUT2D eigenvalue weighted by Gasteiger charge is -2.05. The van der Waals surface area contributed by atoms with Gasteiger partial charge in [-0.2, -0.15) is 0 Å². The van der Waals surface area contributed by atoms with E-state index >= 15 is 0 Å². The van der Waals surface area contributed by atoms with Gasteiger partial charge in [0.2, 0.25) is 0 Å². The van der Waals surface area contributed by atoms with Gasteiger partial charge >= 0.3 is 0 Å². The second kappa shape index (κ2) is 6.55. The van der Waals surface area contributed by atoms with Crippen LogP contribution < -0.4 is 5.32 Å². The second-order valence-corrected chi connectivity index (χ2v) is 5.26. The van der Waals surface area contributed by atoms with Crippen LogP contribution in [0.25, 0.3) is 10.9 Å². The standard InChI is InChI=1S/C18H21N3/c1-2-19-13-16-14-21(18-8-4-3-7-17(16)18)11-9-15-6-5-10-20-12-15/h3-8,10,12,14,19H,2,9,11,13H2,1H3. The number of aromatic nitrogens is 2. The van der Waals surface area contributed by atoms with Crippen LogP contribution in [0.1, 0.15) is 18.1 Å². The van der Waals surface area contributed by atoms with E-state index in [0.29, 0.717) is 0 Å². The molecule has 3 aromatic rings. The summed E-state index contributed by atoms with van der Waals surface area (Å²) in [6, 6.07) is 12.8. The predicted octanol–water partition coefficient (Wildman–Crippen LogP) is 3.39. The van der Waals surface area contributed by atoms with Gasteiger partial charge in [0.25, 0.3) is 0 Å². The number of rotatable bonds is 6.